The average Bonchev–Trinajstić information content (AvgIpc) is 3.33. The molecule has 1 aromatic heterocycles. The molecule has 3 aromatic carbocycles. The Kier molecular flexibility index (Phi) is 6.35. The lowest BCUT2D eigenvalue weighted by atomic mass is 10.1. The first-order valence-corrected chi connectivity index (χ1v) is 9.98. The summed E-state index contributed by atoms with van der Waals surface area (Å²) in [6, 6.07) is 18.7. The SMILES string of the molecule is Cc1ccc(-n2cnnn2)cc1NC(=O)NCCc1ccc(Oc2ccc(F)cc2)cc1. The molecule has 2 amide bonds. The minimum Gasteiger partial charge on any atom is -0.457 e. The maximum atomic E-state index is 13.0. The van der Waals surface area contributed by atoms with E-state index in [1.807, 2.05) is 49.4 Å². The van der Waals surface area contributed by atoms with Crippen LogP contribution in [0.25, 0.3) is 5.69 Å². The van der Waals surface area contributed by atoms with Gasteiger partial charge in [0.05, 0.1) is 5.69 Å². The maximum Gasteiger partial charge on any atom is 0.319 e. The molecule has 0 unspecified atom stereocenters. The van der Waals surface area contributed by atoms with E-state index in [0.717, 1.165) is 16.8 Å². The highest BCUT2D eigenvalue weighted by atomic mass is 19.1. The number of hydrogen-bond acceptors (Lipinski definition) is 5. The van der Waals surface area contributed by atoms with Gasteiger partial charge in [-0.15, -0.1) is 5.10 Å². The normalized spacial score (nSPS) is 10.6. The molecule has 0 aliphatic carbocycles. The van der Waals surface area contributed by atoms with Crippen molar-refractivity contribution in [1.29, 1.82) is 0 Å². The Morgan fingerprint density at radius 1 is 1.03 bits per heavy atom. The van der Waals surface area contributed by atoms with Gasteiger partial charge in [-0.05, 0) is 83.4 Å². The van der Waals surface area contributed by atoms with Gasteiger partial charge in [-0.25, -0.2) is 13.9 Å². The van der Waals surface area contributed by atoms with Crippen LogP contribution in [-0.2, 0) is 6.42 Å². The van der Waals surface area contributed by atoms with Crippen LogP contribution in [0.5, 0.6) is 11.5 Å². The number of hydrogen-bond donors (Lipinski definition) is 2. The zero-order valence-corrected chi connectivity index (χ0v) is 17.3. The summed E-state index contributed by atoms with van der Waals surface area (Å²) in [5, 5.41) is 16.8. The highest BCUT2D eigenvalue weighted by Gasteiger charge is 2.07. The van der Waals surface area contributed by atoms with Crippen molar-refractivity contribution in [2.75, 3.05) is 11.9 Å². The van der Waals surface area contributed by atoms with E-state index >= 15 is 0 Å². The molecule has 0 saturated carbocycles. The van der Waals surface area contributed by atoms with Crippen molar-refractivity contribution in [3.63, 3.8) is 0 Å². The summed E-state index contributed by atoms with van der Waals surface area (Å²) < 4.78 is 20.2. The molecule has 0 fully saturated rings. The highest BCUT2D eigenvalue weighted by molar-refractivity contribution is 5.90. The van der Waals surface area contributed by atoms with E-state index in [0.29, 0.717) is 30.2 Å². The molecule has 9 heteroatoms. The lowest BCUT2D eigenvalue weighted by molar-refractivity contribution is 0.252. The molecule has 8 nitrogen and oxygen atoms in total. The molecule has 32 heavy (non-hydrogen) atoms. The van der Waals surface area contributed by atoms with Crippen LogP contribution in [0.2, 0.25) is 0 Å². The third kappa shape index (κ3) is 5.45. The molecule has 4 rings (SSSR count). The Labute approximate surface area is 184 Å². The minimum absolute atomic E-state index is 0.293. The Morgan fingerprint density at radius 3 is 2.44 bits per heavy atom. The molecule has 4 aromatic rings. The van der Waals surface area contributed by atoms with Crippen LogP contribution < -0.4 is 15.4 Å². The smallest absolute Gasteiger partial charge is 0.319 e. The molecule has 0 saturated heterocycles. The molecule has 0 spiro atoms. The first-order chi connectivity index (χ1) is 15.6. The van der Waals surface area contributed by atoms with Gasteiger partial charge < -0.3 is 15.4 Å². The second kappa shape index (κ2) is 9.69. The van der Waals surface area contributed by atoms with Crippen LogP contribution in [0.3, 0.4) is 0 Å². The number of aryl methyl sites for hydroxylation is 1. The molecular weight excluding hydrogens is 411 g/mol. The number of carbonyl (C=O) groups excluding carboxylic acids is 1. The van der Waals surface area contributed by atoms with E-state index in [4.69, 9.17) is 4.74 Å². The third-order valence-electron chi connectivity index (χ3n) is 4.75. The Hall–Kier alpha value is -4.27. The Morgan fingerprint density at radius 2 is 1.75 bits per heavy atom. The number of ether oxygens (including phenoxy) is 1. The quantitative estimate of drug-likeness (QED) is 0.455. The fourth-order valence-electron chi connectivity index (χ4n) is 3.02. The lowest BCUT2D eigenvalue weighted by Gasteiger charge is -2.12. The molecule has 162 valence electrons. The van der Waals surface area contributed by atoms with Gasteiger partial charge in [0.2, 0.25) is 0 Å². The number of carbonyl (C=O) groups is 1. The highest BCUT2D eigenvalue weighted by Crippen LogP contribution is 2.22. The topological polar surface area (TPSA) is 94.0 Å². The summed E-state index contributed by atoms with van der Waals surface area (Å²) in [6.45, 7) is 2.38. The van der Waals surface area contributed by atoms with E-state index in [9.17, 15) is 9.18 Å². The van der Waals surface area contributed by atoms with E-state index < -0.39 is 0 Å². The third-order valence-corrected chi connectivity index (χ3v) is 4.75. The fourth-order valence-corrected chi connectivity index (χ4v) is 3.02. The van der Waals surface area contributed by atoms with E-state index in [-0.39, 0.29) is 11.8 Å². The second-order valence-corrected chi connectivity index (χ2v) is 7.08. The molecular formula is C23H21FN6O2. The number of urea groups is 1. The van der Waals surface area contributed by atoms with Crippen molar-refractivity contribution < 1.29 is 13.9 Å². The van der Waals surface area contributed by atoms with Crippen molar-refractivity contribution in [1.82, 2.24) is 25.5 Å². The maximum absolute atomic E-state index is 13.0. The van der Waals surface area contributed by atoms with Gasteiger partial charge in [-0.2, -0.15) is 0 Å². The van der Waals surface area contributed by atoms with Gasteiger partial charge in [0.1, 0.15) is 23.6 Å². The summed E-state index contributed by atoms with van der Waals surface area (Å²) in [4.78, 5) is 12.3. The summed E-state index contributed by atoms with van der Waals surface area (Å²) in [5.74, 6) is 0.917. The van der Waals surface area contributed by atoms with E-state index in [1.165, 1.54) is 23.1 Å². The summed E-state index contributed by atoms with van der Waals surface area (Å²) in [7, 11) is 0. The number of tetrazole rings is 1. The number of anilines is 1. The van der Waals surface area contributed by atoms with Crippen molar-refractivity contribution in [3.05, 3.63) is 90.0 Å². The van der Waals surface area contributed by atoms with Crippen LogP contribution in [0, 0.1) is 12.7 Å². The molecule has 0 bridgehead atoms. The van der Waals surface area contributed by atoms with Crippen molar-refractivity contribution in [3.8, 4) is 17.2 Å². The molecule has 1 heterocycles. The van der Waals surface area contributed by atoms with Gasteiger partial charge in [0, 0.05) is 12.2 Å². The fraction of sp³-hybridized carbons (Fsp3) is 0.130. The van der Waals surface area contributed by atoms with Gasteiger partial charge in [0.25, 0.3) is 0 Å². The molecule has 0 aliphatic heterocycles. The summed E-state index contributed by atoms with van der Waals surface area (Å²) in [5.41, 5.74) is 3.40. The van der Waals surface area contributed by atoms with Crippen LogP contribution in [0.4, 0.5) is 14.9 Å². The standard InChI is InChI=1S/C23H21FN6O2/c1-16-2-7-19(30-15-26-28-29-30)14-22(16)27-23(31)25-13-12-17-3-8-20(9-4-17)32-21-10-5-18(24)6-11-21/h2-11,14-15H,12-13H2,1H3,(H2,25,27,31). The predicted octanol–water partition coefficient (Wildman–Crippen LogP) is 4.27. The first-order valence-electron chi connectivity index (χ1n) is 9.98. The average molecular weight is 432 g/mol. The number of benzene rings is 3. The molecule has 0 atom stereocenters. The zero-order chi connectivity index (χ0) is 22.3. The number of rotatable bonds is 7. The largest absolute Gasteiger partial charge is 0.457 e. The lowest BCUT2D eigenvalue weighted by Crippen LogP contribution is -2.30. The molecule has 0 aliphatic rings. The van der Waals surface area contributed by atoms with Crippen LogP contribution in [0.1, 0.15) is 11.1 Å². The van der Waals surface area contributed by atoms with Gasteiger partial charge in [-0.1, -0.05) is 18.2 Å². The number of halogens is 1. The first kappa shape index (κ1) is 21.0. The number of nitrogens with zero attached hydrogens (tertiary/aromatic N) is 4. The molecule has 0 radical (unpaired) electrons. The monoisotopic (exact) mass is 432 g/mol. The van der Waals surface area contributed by atoms with Crippen molar-refractivity contribution in [2.45, 2.75) is 13.3 Å². The van der Waals surface area contributed by atoms with Crippen molar-refractivity contribution in [2.24, 2.45) is 0 Å². The Bertz CT molecular complexity index is 1180. The van der Waals surface area contributed by atoms with Crippen LogP contribution >= 0.6 is 0 Å². The van der Waals surface area contributed by atoms with E-state index in [2.05, 4.69) is 26.2 Å². The minimum atomic E-state index is -0.306. The summed E-state index contributed by atoms with van der Waals surface area (Å²) in [6.07, 6.45) is 2.15. The van der Waals surface area contributed by atoms with E-state index in [1.54, 1.807) is 12.1 Å². The van der Waals surface area contributed by atoms with Crippen molar-refractivity contribution >= 4 is 11.7 Å². The summed E-state index contributed by atoms with van der Waals surface area (Å²) >= 11 is 0. The molecule has 2 N–H and O–H groups in total. The number of aromatic nitrogens is 4. The van der Waals surface area contributed by atoms with Gasteiger partial charge >= 0.3 is 6.03 Å². The van der Waals surface area contributed by atoms with Crippen LogP contribution in [-0.4, -0.2) is 32.8 Å². The van der Waals surface area contributed by atoms with Gasteiger partial charge in [0.15, 0.2) is 0 Å². The van der Waals surface area contributed by atoms with Gasteiger partial charge in [-0.3, -0.25) is 0 Å². The number of amides is 2. The van der Waals surface area contributed by atoms with Crippen LogP contribution in [0.15, 0.2) is 73.1 Å². The predicted molar refractivity (Wildman–Crippen MR) is 118 cm³/mol. The Balaban J connectivity index is 1.27. The second-order valence-electron chi connectivity index (χ2n) is 7.08. The number of nitrogens with one attached hydrogen (secondary N) is 2. The zero-order valence-electron chi connectivity index (χ0n) is 17.3.